The van der Waals surface area contributed by atoms with Gasteiger partial charge in [0.25, 0.3) is 0 Å². The Labute approximate surface area is 125 Å². The van der Waals surface area contributed by atoms with Gasteiger partial charge in [-0.15, -0.1) is 13.2 Å². The molecule has 0 saturated heterocycles. The molecule has 1 aromatic carbocycles. The van der Waals surface area contributed by atoms with E-state index in [1.54, 1.807) is 6.08 Å². The molecule has 0 fully saturated rings. The van der Waals surface area contributed by atoms with Crippen LogP contribution in [0.4, 0.5) is 0 Å². The van der Waals surface area contributed by atoms with Gasteiger partial charge in [0.05, 0.1) is 0 Å². The summed E-state index contributed by atoms with van der Waals surface area (Å²) in [5.74, 6) is -0.195. The summed E-state index contributed by atoms with van der Waals surface area (Å²) in [6, 6.07) is 7.29. The molecule has 0 saturated carbocycles. The van der Waals surface area contributed by atoms with Crippen molar-refractivity contribution in [3.8, 4) is 5.75 Å². The van der Waals surface area contributed by atoms with Gasteiger partial charge in [-0.1, -0.05) is 24.3 Å². The molecule has 112 valence electrons. The highest BCUT2D eigenvalue weighted by molar-refractivity contribution is 5.85. The van der Waals surface area contributed by atoms with Crippen molar-refractivity contribution >= 4 is 12.0 Å². The van der Waals surface area contributed by atoms with Crippen molar-refractivity contribution in [1.82, 2.24) is 4.90 Å². The van der Waals surface area contributed by atoms with Crippen molar-refractivity contribution in [2.24, 2.45) is 0 Å². The smallest absolute Gasteiger partial charge is 0.328 e. The molecule has 0 radical (unpaired) electrons. The van der Waals surface area contributed by atoms with Gasteiger partial charge in [0.1, 0.15) is 12.4 Å². The van der Waals surface area contributed by atoms with Crippen LogP contribution in [0.2, 0.25) is 0 Å². The van der Waals surface area contributed by atoms with Crippen molar-refractivity contribution < 1.29 is 14.6 Å². The summed E-state index contributed by atoms with van der Waals surface area (Å²) < 4.78 is 5.66. The second kappa shape index (κ2) is 9.55. The van der Waals surface area contributed by atoms with Gasteiger partial charge < -0.3 is 9.84 Å². The molecule has 0 spiro atoms. The monoisotopic (exact) mass is 287 g/mol. The molecule has 1 aromatic rings. The highest BCUT2D eigenvalue weighted by atomic mass is 16.5. The van der Waals surface area contributed by atoms with Crippen LogP contribution >= 0.6 is 0 Å². The zero-order chi connectivity index (χ0) is 15.5. The molecule has 1 rings (SSSR count). The predicted molar refractivity (Wildman–Crippen MR) is 85.4 cm³/mol. The van der Waals surface area contributed by atoms with E-state index >= 15 is 0 Å². The second-order valence-electron chi connectivity index (χ2n) is 4.43. The van der Waals surface area contributed by atoms with Gasteiger partial charge in [0.2, 0.25) is 0 Å². The van der Waals surface area contributed by atoms with Gasteiger partial charge in [-0.05, 0) is 23.8 Å². The zero-order valence-corrected chi connectivity index (χ0v) is 12.1. The Morgan fingerprint density at radius 2 is 1.81 bits per heavy atom. The molecule has 4 heteroatoms. The highest BCUT2D eigenvalue weighted by Gasteiger charge is 2.01. The van der Waals surface area contributed by atoms with Crippen molar-refractivity contribution in [2.75, 3.05) is 26.2 Å². The lowest BCUT2D eigenvalue weighted by atomic mass is 10.2. The predicted octanol–water partition coefficient (Wildman–Crippen LogP) is 2.84. The first-order chi connectivity index (χ1) is 10.2. The Morgan fingerprint density at radius 3 is 2.33 bits per heavy atom. The zero-order valence-electron chi connectivity index (χ0n) is 12.1. The standard InChI is InChI=1S/C17H21NO3/c1-3-11-18(12-4-2)13-14-21-16-8-5-15(6-9-16)7-10-17(19)20/h3-10H,1-2,11-14H2,(H,19,20)/b10-7+. The second-order valence-corrected chi connectivity index (χ2v) is 4.43. The molecule has 0 aliphatic rings. The van der Waals surface area contributed by atoms with E-state index in [4.69, 9.17) is 9.84 Å². The van der Waals surface area contributed by atoms with E-state index in [0.717, 1.165) is 37.0 Å². The Bertz CT molecular complexity index is 481. The summed E-state index contributed by atoms with van der Waals surface area (Å²) in [6.45, 7) is 10.4. The molecule has 0 bridgehead atoms. The lowest BCUT2D eigenvalue weighted by Gasteiger charge is -2.18. The first kappa shape index (κ1) is 16.7. The maximum Gasteiger partial charge on any atom is 0.328 e. The number of benzene rings is 1. The fourth-order valence-electron chi connectivity index (χ4n) is 1.76. The van der Waals surface area contributed by atoms with Crippen LogP contribution in [0.25, 0.3) is 6.08 Å². The van der Waals surface area contributed by atoms with E-state index < -0.39 is 5.97 Å². The van der Waals surface area contributed by atoms with Gasteiger partial charge >= 0.3 is 5.97 Å². The largest absolute Gasteiger partial charge is 0.492 e. The summed E-state index contributed by atoms with van der Waals surface area (Å²) in [6.07, 6.45) is 6.36. The summed E-state index contributed by atoms with van der Waals surface area (Å²) in [7, 11) is 0. The number of nitrogens with zero attached hydrogens (tertiary/aromatic N) is 1. The maximum atomic E-state index is 10.4. The van der Waals surface area contributed by atoms with Crippen molar-refractivity contribution in [1.29, 1.82) is 0 Å². The maximum absolute atomic E-state index is 10.4. The molecule has 0 unspecified atom stereocenters. The average molecular weight is 287 g/mol. The summed E-state index contributed by atoms with van der Waals surface area (Å²) >= 11 is 0. The lowest BCUT2D eigenvalue weighted by Crippen LogP contribution is -2.28. The van der Waals surface area contributed by atoms with Crippen LogP contribution in [-0.4, -0.2) is 42.2 Å². The van der Waals surface area contributed by atoms with Gasteiger partial charge in [-0.25, -0.2) is 4.79 Å². The highest BCUT2D eigenvalue weighted by Crippen LogP contribution is 2.13. The van der Waals surface area contributed by atoms with Gasteiger partial charge in [0, 0.05) is 25.7 Å². The summed E-state index contributed by atoms with van der Waals surface area (Å²) in [4.78, 5) is 12.6. The van der Waals surface area contributed by atoms with Crippen molar-refractivity contribution in [3.63, 3.8) is 0 Å². The number of rotatable bonds is 10. The molecule has 0 atom stereocenters. The fourth-order valence-corrected chi connectivity index (χ4v) is 1.76. The fraction of sp³-hybridized carbons (Fsp3) is 0.235. The van der Waals surface area contributed by atoms with E-state index in [1.807, 2.05) is 36.4 Å². The van der Waals surface area contributed by atoms with Crippen LogP contribution in [0.15, 0.2) is 55.7 Å². The van der Waals surface area contributed by atoms with Crippen LogP contribution in [-0.2, 0) is 4.79 Å². The van der Waals surface area contributed by atoms with Crippen LogP contribution in [0.1, 0.15) is 5.56 Å². The van der Waals surface area contributed by atoms with Gasteiger partial charge in [0.15, 0.2) is 0 Å². The third-order valence-electron chi connectivity index (χ3n) is 2.75. The number of hydrogen-bond donors (Lipinski definition) is 1. The van der Waals surface area contributed by atoms with E-state index in [2.05, 4.69) is 18.1 Å². The third kappa shape index (κ3) is 7.13. The molecule has 0 amide bonds. The number of carboxylic acid groups (broad SMARTS) is 1. The Balaban J connectivity index is 2.43. The number of ether oxygens (including phenoxy) is 1. The molecular weight excluding hydrogens is 266 g/mol. The third-order valence-corrected chi connectivity index (χ3v) is 2.75. The SMILES string of the molecule is C=CCN(CC=C)CCOc1ccc(/C=C/C(=O)O)cc1. The Morgan fingerprint density at radius 1 is 1.19 bits per heavy atom. The molecule has 1 N–H and O–H groups in total. The quantitative estimate of drug-likeness (QED) is 0.531. The van der Waals surface area contributed by atoms with E-state index in [0.29, 0.717) is 6.61 Å². The van der Waals surface area contributed by atoms with Crippen molar-refractivity contribution in [2.45, 2.75) is 0 Å². The van der Waals surface area contributed by atoms with Gasteiger partial charge in [-0.2, -0.15) is 0 Å². The minimum absolute atomic E-state index is 0.575. The normalized spacial score (nSPS) is 10.7. The Hall–Kier alpha value is -2.33. The molecular formula is C17H21NO3. The first-order valence-electron chi connectivity index (χ1n) is 6.73. The minimum Gasteiger partial charge on any atom is -0.492 e. The van der Waals surface area contributed by atoms with E-state index in [9.17, 15) is 4.79 Å². The molecule has 0 aliphatic heterocycles. The van der Waals surface area contributed by atoms with Crippen LogP contribution in [0.3, 0.4) is 0 Å². The number of carbonyl (C=O) groups is 1. The van der Waals surface area contributed by atoms with E-state index in [1.165, 1.54) is 0 Å². The summed E-state index contributed by atoms with van der Waals surface area (Å²) in [5, 5.41) is 8.55. The topological polar surface area (TPSA) is 49.8 Å². The average Bonchev–Trinajstić information content (AvgIpc) is 2.47. The van der Waals surface area contributed by atoms with Crippen LogP contribution < -0.4 is 4.74 Å². The minimum atomic E-state index is -0.958. The first-order valence-corrected chi connectivity index (χ1v) is 6.73. The van der Waals surface area contributed by atoms with Crippen LogP contribution in [0.5, 0.6) is 5.75 Å². The number of carboxylic acids is 1. The molecule has 21 heavy (non-hydrogen) atoms. The molecule has 0 aromatic heterocycles. The lowest BCUT2D eigenvalue weighted by molar-refractivity contribution is -0.131. The molecule has 4 nitrogen and oxygen atoms in total. The van der Waals surface area contributed by atoms with Crippen molar-refractivity contribution in [3.05, 3.63) is 61.2 Å². The van der Waals surface area contributed by atoms with E-state index in [-0.39, 0.29) is 0 Å². The summed E-state index contributed by atoms with van der Waals surface area (Å²) in [5.41, 5.74) is 0.824. The van der Waals surface area contributed by atoms with Gasteiger partial charge in [-0.3, -0.25) is 4.90 Å². The molecule has 0 aliphatic carbocycles. The number of aliphatic carboxylic acids is 1. The molecule has 0 heterocycles. The van der Waals surface area contributed by atoms with Crippen LogP contribution in [0, 0.1) is 0 Å². The number of hydrogen-bond acceptors (Lipinski definition) is 3. The Kier molecular flexibility index (Phi) is 7.61.